The van der Waals surface area contributed by atoms with E-state index in [1.54, 1.807) is 0 Å². The highest BCUT2D eigenvalue weighted by Gasteiger charge is 2.25. The van der Waals surface area contributed by atoms with E-state index in [2.05, 4.69) is 135 Å². The van der Waals surface area contributed by atoms with E-state index in [4.69, 9.17) is 18.9 Å². The van der Waals surface area contributed by atoms with Crippen LogP contribution in [0.3, 0.4) is 0 Å². The van der Waals surface area contributed by atoms with Crippen molar-refractivity contribution in [1.82, 2.24) is 0 Å². The van der Waals surface area contributed by atoms with Gasteiger partial charge >= 0.3 is 17.9 Å². The van der Waals surface area contributed by atoms with E-state index < -0.39 is 24.3 Å². The van der Waals surface area contributed by atoms with E-state index in [1.807, 2.05) is 21.1 Å². The number of carbonyl (C=O) groups excluding carboxylic acids is 2. The summed E-state index contributed by atoms with van der Waals surface area (Å²) < 4.78 is 23.0. The van der Waals surface area contributed by atoms with E-state index >= 15 is 0 Å². The molecule has 0 aromatic carbocycles. The van der Waals surface area contributed by atoms with Crippen molar-refractivity contribution in [3.63, 3.8) is 0 Å². The molecule has 510 valence electrons. The van der Waals surface area contributed by atoms with Crippen molar-refractivity contribution in [2.75, 3.05) is 47.5 Å². The molecule has 89 heavy (non-hydrogen) atoms. The number of quaternary nitrogens is 1. The molecule has 0 rings (SSSR count). The predicted molar refractivity (Wildman–Crippen MR) is 382 cm³/mol. The number of unbranched alkanes of at least 4 members (excludes halogenated alkanes) is 32. The number of nitrogens with zero attached hydrogens (tertiary/aromatic N) is 1. The molecule has 0 radical (unpaired) electrons. The Morgan fingerprint density at radius 2 is 0.607 bits per heavy atom. The third kappa shape index (κ3) is 71.0. The van der Waals surface area contributed by atoms with Gasteiger partial charge in [0.25, 0.3) is 6.29 Å². The molecular weight excluding hydrogens is 1100 g/mol. The van der Waals surface area contributed by atoms with Crippen molar-refractivity contribution >= 4 is 17.9 Å². The quantitative estimate of drug-likeness (QED) is 0.0211. The summed E-state index contributed by atoms with van der Waals surface area (Å²) in [6.07, 6.45) is 96.1. The van der Waals surface area contributed by atoms with Crippen molar-refractivity contribution in [1.29, 1.82) is 0 Å². The van der Waals surface area contributed by atoms with Crippen LogP contribution in [0.25, 0.3) is 0 Å². The topological polar surface area (TPSA) is 108 Å². The summed E-state index contributed by atoms with van der Waals surface area (Å²) in [7, 11) is 5.98. The lowest BCUT2D eigenvalue weighted by atomic mass is 10.0. The molecule has 0 bridgehead atoms. The largest absolute Gasteiger partial charge is 0.477 e. The van der Waals surface area contributed by atoms with Crippen molar-refractivity contribution in [2.24, 2.45) is 0 Å². The van der Waals surface area contributed by atoms with Crippen LogP contribution in [0.1, 0.15) is 309 Å². The number of rotatable bonds is 67. The van der Waals surface area contributed by atoms with Gasteiger partial charge in [0.15, 0.2) is 6.10 Å². The summed E-state index contributed by atoms with van der Waals surface area (Å²) in [6, 6.07) is 0. The molecule has 0 fully saturated rings. The SMILES string of the molecule is CC/C=C\C/C=C\C/C=C\C/C=C\C/C=C\C/C=C\CCCCCCCCCCCCCCCCCCCCC(=O)OC(COC(=O)CCCCCCCCCCCCCCCC/C=C\C/C=C\C/C=C\C/C=C\CC)COC(OCC[N+](C)(C)C)C(=O)O. The summed E-state index contributed by atoms with van der Waals surface area (Å²) in [5, 5.41) is 9.76. The third-order valence-electron chi connectivity index (χ3n) is 15.7. The molecule has 0 saturated carbocycles. The maximum Gasteiger partial charge on any atom is 0.361 e. The van der Waals surface area contributed by atoms with Gasteiger partial charge in [0, 0.05) is 12.8 Å². The lowest BCUT2D eigenvalue weighted by Crippen LogP contribution is -2.40. The normalized spacial score (nSPS) is 13.4. The first-order valence-electron chi connectivity index (χ1n) is 36.7. The Morgan fingerprint density at radius 3 is 0.899 bits per heavy atom. The number of ether oxygens (including phenoxy) is 4. The molecule has 0 aliphatic rings. The molecule has 2 unspecified atom stereocenters. The highest BCUT2D eigenvalue weighted by molar-refractivity contribution is 5.71. The Labute approximate surface area is 548 Å². The number of esters is 2. The van der Waals surface area contributed by atoms with Crippen LogP contribution in [0.4, 0.5) is 0 Å². The maximum atomic E-state index is 13.0. The first kappa shape index (κ1) is 84.7. The number of carboxylic acids is 1. The van der Waals surface area contributed by atoms with Gasteiger partial charge < -0.3 is 28.5 Å². The number of hydrogen-bond acceptors (Lipinski definition) is 7. The van der Waals surface area contributed by atoms with Crippen LogP contribution < -0.4 is 0 Å². The van der Waals surface area contributed by atoms with Gasteiger partial charge in [-0.15, -0.1) is 0 Å². The van der Waals surface area contributed by atoms with E-state index in [9.17, 15) is 19.5 Å². The first-order valence-corrected chi connectivity index (χ1v) is 36.7. The molecular formula is C80H138NO8+. The van der Waals surface area contributed by atoms with Crippen LogP contribution in [-0.2, 0) is 33.3 Å². The number of hydrogen-bond donors (Lipinski definition) is 1. The monoisotopic (exact) mass is 1240 g/mol. The second-order valence-electron chi connectivity index (χ2n) is 25.5. The highest BCUT2D eigenvalue weighted by Crippen LogP contribution is 2.18. The summed E-state index contributed by atoms with van der Waals surface area (Å²) in [5.74, 6) is -2.00. The van der Waals surface area contributed by atoms with Gasteiger partial charge in [0.05, 0.1) is 34.4 Å². The Bertz CT molecular complexity index is 1880. The summed E-state index contributed by atoms with van der Waals surface area (Å²) in [6.45, 7) is 4.68. The van der Waals surface area contributed by atoms with Crippen LogP contribution in [-0.4, -0.2) is 87.4 Å². The van der Waals surface area contributed by atoms with Crippen molar-refractivity contribution in [3.8, 4) is 0 Å². The third-order valence-corrected chi connectivity index (χ3v) is 15.7. The molecule has 0 aromatic heterocycles. The molecule has 0 aliphatic heterocycles. The highest BCUT2D eigenvalue weighted by atomic mass is 16.7. The van der Waals surface area contributed by atoms with Crippen LogP contribution in [0, 0.1) is 0 Å². The fourth-order valence-electron chi connectivity index (χ4n) is 10.2. The Morgan fingerprint density at radius 1 is 0.337 bits per heavy atom. The minimum absolute atomic E-state index is 0.184. The summed E-state index contributed by atoms with van der Waals surface area (Å²) in [5.41, 5.74) is 0. The van der Waals surface area contributed by atoms with Crippen LogP contribution in [0.5, 0.6) is 0 Å². The molecule has 0 saturated heterocycles. The fourth-order valence-corrected chi connectivity index (χ4v) is 10.2. The lowest BCUT2D eigenvalue weighted by molar-refractivity contribution is -0.870. The molecule has 9 nitrogen and oxygen atoms in total. The van der Waals surface area contributed by atoms with Gasteiger partial charge in [-0.1, -0.05) is 315 Å². The zero-order valence-electron chi connectivity index (χ0n) is 58.3. The van der Waals surface area contributed by atoms with Crippen LogP contribution in [0.2, 0.25) is 0 Å². The number of allylic oxidation sites excluding steroid dienone is 20. The van der Waals surface area contributed by atoms with E-state index in [0.29, 0.717) is 17.4 Å². The zero-order chi connectivity index (χ0) is 64.7. The Hall–Kier alpha value is -4.31. The van der Waals surface area contributed by atoms with Gasteiger partial charge in [-0.05, 0) is 103 Å². The first-order chi connectivity index (χ1) is 43.6. The number of carbonyl (C=O) groups is 3. The molecule has 1 N–H and O–H groups in total. The van der Waals surface area contributed by atoms with Crippen molar-refractivity contribution in [3.05, 3.63) is 122 Å². The van der Waals surface area contributed by atoms with E-state index in [-0.39, 0.29) is 32.2 Å². The van der Waals surface area contributed by atoms with Crippen LogP contribution in [0.15, 0.2) is 122 Å². The van der Waals surface area contributed by atoms with Gasteiger partial charge in [-0.3, -0.25) is 9.59 Å². The Balaban J connectivity index is 4.06. The van der Waals surface area contributed by atoms with Crippen LogP contribution >= 0.6 is 0 Å². The van der Waals surface area contributed by atoms with Gasteiger partial charge in [0.1, 0.15) is 13.2 Å². The summed E-state index contributed by atoms with van der Waals surface area (Å²) in [4.78, 5) is 37.7. The molecule has 0 aromatic rings. The molecule has 0 heterocycles. The average molecular weight is 1240 g/mol. The standard InChI is InChI=1S/C80H137NO8/c1-6-8-10-12-14-16-18-20-22-24-26-28-30-32-34-35-36-37-38-39-40-41-42-43-45-47-49-51-53-55-57-59-61-63-65-67-69-71-78(83)89-76(75-88-80(79(84)85)86-73-72-81(3,4)5)74-87-77(82)70-68-66-64-62-60-58-56-54-52-50-48-46-44-33-31-29-27-25-23-21-19-17-15-13-11-9-7-2/h8-11,14-17,20-23,26-29,32,34,36-37,76,80H,6-7,12-13,18-19,24-25,30-31,33,35,38-75H2,1-5H3/p+1/b10-8-,11-9-,16-14-,17-15-,22-20-,23-21-,28-26-,29-27-,34-32-,37-36-. The fraction of sp³-hybridized carbons (Fsp3) is 0.713. The molecule has 0 aliphatic carbocycles. The van der Waals surface area contributed by atoms with Crippen molar-refractivity contribution < 1.29 is 42.9 Å². The molecule has 0 spiro atoms. The predicted octanol–water partition coefficient (Wildman–Crippen LogP) is 23.1. The van der Waals surface area contributed by atoms with E-state index in [1.165, 1.54) is 180 Å². The number of aliphatic carboxylic acids is 1. The lowest BCUT2D eigenvalue weighted by Gasteiger charge is -2.25. The molecule has 2 atom stereocenters. The van der Waals surface area contributed by atoms with E-state index in [0.717, 1.165) is 103 Å². The van der Waals surface area contributed by atoms with Crippen molar-refractivity contribution in [2.45, 2.75) is 322 Å². The molecule has 9 heteroatoms. The maximum absolute atomic E-state index is 13.0. The minimum atomic E-state index is -1.52. The van der Waals surface area contributed by atoms with Gasteiger partial charge in [-0.2, -0.15) is 0 Å². The minimum Gasteiger partial charge on any atom is -0.477 e. The number of likely N-dealkylation sites (N-methyl/N-ethyl adjacent to an activating group) is 1. The van der Waals surface area contributed by atoms with Gasteiger partial charge in [0.2, 0.25) is 0 Å². The second-order valence-corrected chi connectivity index (χ2v) is 25.5. The van der Waals surface area contributed by atoms with Gasteiger partial charge in [-0.25, -0.2) is 4.79 Å². The summed E-state index contributed by atoms with van der Waals surface area (Å²) >= 11 is 0. The Kier molecular flexibility index (Phi) is 66.2. The number of carboxylic acid groups (broad SMARTS) is 1. The molecule has 0 amide bonds. The zero-order valence-corrected chi connectivity index (χ0v) is 58.3. The average Bonchev–Trinajstić information content (AvgIpc) is 3.70. The second kappa shape index (κ2) is 69.6. The smallest absolute Gasteiger partial charge is 0.361 e.